The van der Waals surface area contributed by atoms with Crippen molar-refractivity contribution in [2.45, 2.75) is 29.1 Å². The van der Waals surface area contributed by atoms with Gasteiger partial charge >= 0.3 is 0 Å². The number of amides is 1. The minimum absolute atomic E-state index is 0.126. The van der Waals surface area contributed by atoms with E-state index in [2.05, 4.69) is 9.88 Å². The largest absolute Gasteiger partial charge is 0.345 e. The van der Waals surface area contributed by atoms with E-state index in [1.165, 1.54) is 34.0 Å². The number of sulfone groups is 1. The second-order valence-electron chi connectivity index (χ2n) is 9.17. The van der Waals surface area contributed by atoms with Crippen molar-refractivity contribution >= 4 is 52.5 Å². The van der Waals surface area contributed by atoms with Gasteiger partial charge in [-0.25, -0.2) is 21.8 Å². The maximum absolute atomic E-state index is 13.1. The Labute approximate surface area is 215 Å². The van der Waals surface area contributed by atoms with Gasteiger partial charge in [0.25, 0.3) is 5.91 Å². The van der Waals surface area contributed by atoms with Crippen LogP contribution in [0.5, 0.6) is 0 Å². The predicted molar refractivity (Wildman–Crippen MR) is 140 cm³/mol. The third-order valence-corrected chi connectivity index (χ3v) is 10.8. The zero-order valence-electron chi connectivity index (χ0n) is 20.0. The van der Waals surface area contributed by atoms with Crippen LogP contribution >= 0.6 is 11.3 Å². The fraction of sp³-hybridized carbons (Fsp3) is 0.417. The number of carbonyl (C=O) groups excluding carboxylic acids is 1. The van der Waals surface area contributed by atoms with Crippen molar-refractivity contribution in [1.82, 2.24) is 14.2 Å². The molecule has 5 rings (SSSR count). The Morgan fingerprint density at radius 2 is 1.47 bits per heavy atom. The lowest BCUT2D eigenvalue weighted by Crippen LogP contribution is -2.48. The molecule has 0 aliphatic carbocycles. The lowest BCUT2D eigenvalue weighted by Gasteiger charge is -2.34. The summed E-state index contributed by atoms with van der Waals surface area (Å²) in [6.07, 6.45) is 3.99. The molecule has 192 valence electrons. The van der Waals surface area contributed by atoms with Crippen molar-refractivity contribution in [2.24, 2.45) is 0 Å². The van der Waals surface area contributed by atoms with Crippen LogP contribution in [-0.2, 0) is 19.9 Å². The second kappa shape index (κ2) is 9.73. The highest BCUT2D eigenvalue weighted by Crippen LogP contribution is 2.31. The minimum Gasteiger partial charge on any atom is -0.345 e. The maximum Gasteiger partial charge on any atom is 0.253 e. The molecule has 0 N–H and O–H groups in total. The van der Waals surface area contributed by atoms with Crippen molar-refractivity contribution in [3.05, 3.63) is 48.0 Å². The molecule has 36 heavy (non-hydrogen) atoms. The lowest BCUT2D eigenvalue weighted by molar-refractivity contribution is 0.0746. The molecule has 12 heteroatoms. The number of hydrogen-bond acceptors (Lipinski definition) is 8. The van der Waals surface area contributed by atoms with Crippen LogP contribution in [-0.4, -0.2) is 82.5 Å². The molecule has 3 aromatic rings. The van der Waals surface area contributed by atoms with E-state index in [4.69, 9.17) is 0 Å². The molecule has 0 spiro atoms. The molecule has 9 nitrogen and oxygen atoms in total. The summed E-state index contributed by atoms with van der Waals surface area (Å²) in [4.78, 5) is 22.1. The van der Waals surface area contributed by atoms with Crippen LogP contribution in [0, 0.1) is 0 Å². The van der Waals surface area contributed by atoms with Gasteiger partial charge in [-0.15, -0.1) is 0 Å². The van der Waals surface area contributed by atoms with Gasteiger partial charge in [-0.2, -0.15) is 4.31 Å². The van der Waals surface area contributed by atoms with Gasteiger partial charge in [0.15, 0.2) is 15.0 Å². The standard InChI is InChI=1S/C24H28N4O5S3/c1-35(30,31)20-9-10-21-22(17-20)34-24(25-21)27-15-13-26(14-16-27)23(29)18-5-7-19(8-6-18)36(32,33)28-11-3-2-4-12-28/h5-10,17H,2-4,11-16H2,1H3. The van der Waals surface area contributed by atoms with E-state index in [9.17, 15) is 21.6 Å². The number of rotatable bonds is 5. The van der Waals surface area contributed by atoms with Gasteiger partial charge < -0.3 is 9.80 Å². The van der Waals surface area contributed by atoms with Gasteiger partial charge in [0.2, 0.25) is 10.0 Å². The van der Waals surface area contributed by atoms with E-state index < -0.39 is 19.9 Å². The first-order valence-electron chi connectivity index (χ1n) is 11.9. The fourth-order valence-corrected chi connectivity index (χ4v) is 7.86. The zero-order chi connectivity index (χ0) is 25.5. The Balaban J connectivity index is 1.23. The van der Waals surface area contributed by atoms with Crippen LogP contribution < -0.4 is 4.90 Å². The number of piperazine rings is 1. The van der Waals surface area contributed by atoms with E-state index >= 15 is 0 Å². The number of hydrogen-bond donors (Lipinski definition) is 0. The Morgan fingerprint density at radius 3 is 2.11 bits per heavy atom. The van der Waals surface area contributed by atoms with Crippen LogP contribution in [0.4, 0.5) is 5.13 Å². The maximum atomic E-state index is 13.1. The SMILES string of the molecule is CS(=O)(=O)c1ccc2nc(N3CCN(C(=O)c4ccc(S(=O)(=O)N5CCCCC5)cc4)CC3)sc2c1. The topological polar surface area (TPSA) is 108 Å². The average molecular weight is 549 g/mol. The zero-order valence-corrected chi connectivity index (χ0v) is 22.4. The molecule has 1 amide bonds. The number of piperidine rings is 1. The van der Waals surface area contributed by atoms with Crippen molar-refractivity contribution in [3.8, 4) is 0 Å². The molecule has 2 aromatic carbocycles. The van der Waals surface area contributed by atoms with Gasteiger partial charge in [-0.05, 0) is 55.3 Å². The normalized spacial score (nSPS) is 18.0. The van der Waals surface area contributed by atoms with E-state index in [1.54, 1.807) is 35.2 Å². The number of fused-ring (bicyclic) bond motifs is 1. The molecule has 2 fully saturated rings. The Kier molecular flexibility index (Phi) is 6.79. The van der Waals surface area contributed by atoms with Crippen LogP contribution in [0.2, 0.25) is 0 Å². The molecule has 0 bridgehead atoms. The quantitative estimate of drug-likeness (QED) is 0.482. The van der Waals surface area contributed by atoms with Gasteiger partial charge in [-0.1, -0.05) is 17.8 Å². The first-order chi connectivity index (χ1) is 17.1. The molecule has 3 heterocycles. The average Bonchev–Trinajstić information content (AvgIpc) is 3.32. The van der Waals surface area contributed by atoms with E-state index in [-0.39, 0.29) is 15.7 Å². The highest BCUT2D eigenvalue weighted by molar-refractivity contribution is 7.90. The molecule has 0 unspecified atom stereocenters. The minimum atomic E-state index is -3.53. The Morgan fingerprint density at radius 1 is 0.833 bits per heavy atom. The molecule has 2 aliphatic heterocycles. The van der Waals surface area contributed by atoms with E-state index in [0.29, 0.717) is 44.8 Å². The van der Waals surface area contributed by atoms with Crippen molar-refractivity contribution in [1.29, 1.82) is 0 Å². The monoisotopic (exact) mass is 548 g/mol. The molecule has 0 saturated carbocycles. The van der Waals surface area contributed by atoms with Crippen LogP contribution in [0.15, 0.2) is 52.3 Å². The van der Waals surface area contributed by atoms with Crippen LogP contribution in [0.3, 0.4) is 0 Å². The molecular formula is C24H28N4O5S3. The molecule has 2 aliphatic rings. The first-order valence-corrected chi connectivity index (χ1v) is 16.0. The van der Waals surface area contributed by atoms with Gasteiger partial charge in [0, 0.05) is 51.1 Å². The van der Waals surface area contributed by atoms with Crippen molar-refractivity contribution in [2.75, 3.05) is 50.4 Å². The molecule has 2 saturated heterocycles. The van der Waals surface area contributed by atoms with Gasteiger partial charge in [-0.3, -0.25) is 4.79 Å². The van der Waals surface area contributed by atoms with Crippen LogP contribution in [0.1, 0.15) is 29.6 Å². The van der Waals surface area contributed by atoms with Crippen LogP contribution in [0.25, 0.3) is 10.2 Å². The van der Waals surface area contributed by atoms with E-state index in [1.807, 2.05) is 0 Å². The summed E-state index contributed by atoms with van der Waals surface area (Å²) in [6.45, 7) is 3.31. The first kappa shape index (κ1) is 25.1. The third-order valence-electron chi connectivity index (χ3n) is 6.67. The highest BCUT2D eigenvalue weighted by atomic mass is 32.2. The molecular weight excluding hydrogens is 520 g/mol. The number of sulfonamides is 1. The molecule has 1 aromatic heterocycles. The van der Waals surface area contributed by atoms with Gasteiger partial charge in [0.05, 0.1) is 20.0 Å². The Hall–Kier alpha value is -2.54. The summed E-state index contributed by atoms with van der Waals surface area (Å²) in [5.74, 6) is -0.126. The fourth-order valence-electron chi connectivity index (χ4n) is 4.57. The number of nitrogens with zero attached hydrogens (tertiary/aromatic N) is 4. The summed E-state index contributed by atoms with van der Waals surface area (Å²) >= 11 is 1.44. The lowest BCUT2D eigenvalue weighted by atomic mass is 10.2. The molecule has 0 radical (unpaired) electrons. The summed E-state index contributed by atoms with van der Waals surface area (Å²) in [5, 5.41) is 0.801. The number of anilines is 1. The highest BCUT2D eigenvalue weighted by Gasteiger charge is 2.27. The summed E-state index contributed by atoms with van der Waals surface area (Å²) in [6, 6.07) is 11.2. The number of carbonyl (C=O) groups is 1. The smallest absolute Gasteiger partial charge is 0.253 e. The second-order valence-corrected chi connectivity index (χ2v) is 14.1. The third kappa shape index (κ3) is 4.99. The number of aromatic nitrogens is 1. The van der Waals surface area contributed by atoms with E-state index in [0.717, 1.165) is 34.6 Å². The number of benzene rings is 2. The summed E-state index contributed by atoms with van der Waals surface area (Å²) < 4.78 is 51.8. The van der Waals surface area contributed by atoms with Crippen molar-refractivity contribution < 1.29 is 21.6 Å². The number of thiazole rings is 1. The Bertz CT molecular complexity index is 1490. The van der Waals surface area contributed by atoms with Gasteiger partial charge in [0.1, 0.15) is 0 Å². The molecule has 0 atom stereocenters. The summed E-state index contributed by atoms with van der Waals surface area (Å²) in [5.41, 5.74) is 1.22. The summed E-state index contributed by atoms with van der Waals surface area (Å²) in [7, 11) is -6.81. The van der Waals surface area contributed by atoms with Crippen molar-refractivity contribution in [3.63, 3.8) is 0 Å². The predicted octanol–water partition coefficient (Wildman–Crippen LogP) is 2.84.